The van der Waals surface area contributed by atoms with Crippen LogP contribution in [-0.4, -0.2) is 17.9 Å². The second-order valence-corrected chi connectivity index (χ2v) is 4.86. The third-order valence-corrected chi connectivity index (χ3v) is 3.71. The van der Waals surface area contributed by atoms with E-state index in [0.29, 0.717) is 12.5 Å². The first-order valence-electron chi connectivity index (χ1n) is 6.57. The van der Waals surface area contributed by atoms with Crippen molar-refractivity contribution in [3.05, 3.63) is 35.4 Å². The maximum absolute atomic E-state index is 12.0. The number of nitrogens with zero attached hydrogens (tertiary/aromatic N) is 1. The van der Waals surface area contributed by atoms with Gasteiger partial charge in [0.05, 0.1) is 6.04 Å². The number of amides is 1. The van der Waals surface area contributed by atoms with Gasteiger partial charge in [-0.1, -0.05) is 37.6 Å². The van der Waals surface area contributed by atoms with Crippen molar-refractivity contribution in [3.8, 4) is 0 Å². The van der Waals surface area contributed by atoms with Gasteiger partial charge in [0.2, 0.25) is 5.91 Å². The van der Waals surface area contributed by atoms with Crippen LogP contribution in [0.4, 0.5) is 0 Å². The molecular formula is C15H21NO. The Hall–Kier alpha value is -1.31. The van der Waals surface area contributed by atoms with E-state index in [-0.39, 0.29) is 5.91 Å². The van der Waals surface area contributed by atoms with Crippen molar-refractivity contribution in [1.29, 1.82) is 0 Å². The van der Waals surface area contributed by atoms with Crippen LogP contribution in [0.1, 0.15) is 49.8 Å². The molecular weight excluding hydrogens is 210 g/mol. The molecule has 0 spiro atoms. The highest BCUT2D eigenvalue weighted by Crippen LogP contribution is 2.35. The van der Waals surface area contributed by atoms with E-state index in [1.807, 2.05) is 11.9 Å². The fourth-order valence-corrected chi connectivity index (χ4v) is 2.62. The normalized spacial score (nSPS) is 17.9. The second kappa shape index (κ2) is 5.35. The molecule has 0 heterocycles. The Morgan fingerprint density at radius 2 is 2.18 bits per heavy atom. The molecule has 2 rings (SSSR count). The van der Waals surface area contributed by atoms with E-state index in [1.165, 1.54) is 11.1 Å². The van der Waals surface area contributed by atoms with Gasteiger partial charge in [-0.05, 0) is 30.4 Å². The Morgan fingerprint density at radius 3 is 2.94 bits per heavy atom. The van der Waals surface area contributed by atoms with E-state index in [2.05, 4.69) is 31.2 Å². The van der Waals surface area contributed by atoms with Crippen LogP contribution in [0.5, 0.6) is 0 Å². The van der Waals surface area contributed by atoms with Crippen LogP contribution in [0.25, 0.3) is 0 Å². The van der Waals surface area contributed by atoms with Crippen LogP contribution >= 0.6 is 0 Å². The summed E-state index contributed by atoms with van der Waals surface area (Å²) in [5.41, 5.74) is 2.76. The van der Waals surface area contributed by atoms with Crippen LogP contribution in [0.2, 0.25) is 0 Å². The number of aryl methyl sites for hydroxylation is 1. The number of benzene rings is 1. The van der Waals surface area contributed by atoms with E-state index in [4.69, 9.17) is 0 Å². The van der Waals surface area contributed by atoms with Crippen LogP contribution < -0.4 is 0 Å². The van der Waals surface area contributed by atoms with Gasteiger partial charge in [0.1, 0.15) is 0 Å². The second-order valence-electron chi connectivity index (χ2n) is 4.86. The summed E-state index contributed by atoms with van der Waals surface area (Å²) in [6, 6.07) is 8.80. The first kappa shape index (κ1) is 12.2. The van der Waals surface area contributed by atoms with E-state index < -0.39 is 0 Å². The quantitative estimate of drug-likeness (QED) is 0.778. The minimum absolute atomic E-state index is 0.286. The maximum Gasteiger partial charge on any atom is 0.222 e. The largest absolute Gasteiger partial charge is 0.339 e. The lowest BCUT2D eigenvalue weighted by Crippen LogP contribution is -2.29. The van der Waals surface area contributed by atoms with Crippen molar-refractivity contribution in [3.63, 3.8) is 0 Å². The summed E-state index contributed by atoms with van der Waals surface area (Å²) in [4.78, 5) is 14.0. The molecule has 0 fully saturated rings. The number of rotatable bonds is 4. The molecule has 17 heavy (non-hydrogen) atoms. The molecule has 0 radical (unpaired) electrons. The lowest BCUT2D eigenvalue weighted by molar-refractivity contribution is -0.132. The summed E-state index contributed by atoms with van der Waals surface area (Å²) in [5, 5.41) is 0. The minimum Gasteiger partial charge on any atom is -0.339 e. The van der Waals surface area contributed by atoms with Crippen LogP contribution in [0.15, 0.2) is 24.3 Å². The predicted molar refractivity (Wildman–Crippen MR) is 69.8 cm³/mol. The zero-order chi connectivity index (χ0) is 12.3. The summed E-state index contributed by atoms with van der Waals surface area (Å²) in [7, 11) is 1.95. The number of carbonyl (C=O) groups is 1. The lowest BCUT2D eigenvalue weighted by Gasteiger charge is -2.25. The topological polar surface area (TPSA) is 20.3 Å². The van der Waals surface area contributed by atoms with E-state index >= 15 is 0 Å². The molecule has 1 amide bonds. The van der Waals surface area contributed by atoms with Gasteiger partial charge in [-0.2, -0.15) is 0 Å². The van der Waals surface area contributed by atoms with Crippen molar-refractivity contribution in [2.75, 3.05) is 7.05 Å². The van der Waals surface area contributed by atoms with Crippen LogP contribution in [0, 0.1) is 0 Å². The highest BCUT2D eigenvalue weighted by atomic mass is 16.2. The Bertz CT molecular complexity index is 400. The number of carbonyl (C=O) groups excluding carboxylic acids is 1. The lowest BCUT2D eigenvalue weighted by atomic mass is 10.1. The fourth-order valence-electron chi connectivity index (χ4n) is 2.62. The average molecular weight is 231 g/mol. The van der Waals surface area contributed by atoms with E-state index in [1.54, 1.807) is 0 Å². The summed E-state index contributed by atoms with van der Waals surface area (Å²) in [6.45, 7) is 2.12. The molecule has 1 unspecified atom stereocenters. The van der Waals surface area contributed by atoms with Gasteiger partial charge in [0, 0.05) is 13.5 Å². The first-order chi connectivity index (χ1) is 8.24. The summed E-state index contributed by atoms with van der Waals surface area (Å²) in [6.07, 6.45) is 4.95. The van der Waals surface area contributed by atoms with Gasteiger partial charge in [-0.3, -0.25) is 4.79 Å². The first-order valence-corrected chi connectivity index (χ1v) is 6.57. The molecule has 1 aliphatic carbocycles. The van der Waals surface area contributed by atoms with Gasteiger partial charge in [0.15, 0.2) is 0 Å². The molecule has 1 aliphatic rings. The van der Waals surface area contributed by atoms with Gasteiger partial charge in [-0.25, -0.2) is 0 Å². The standard InChI is InChI=1S/C15H21NO/c1-3-4-9-15(17)16(2)14-11-10-12-7-5-6-8-13(12)14/h5-8,14H,3-4,9-11H2,1-2H3. The van der Waals surface area contributed by atoms with Gasteiger partial charge in [0.25, 0.3) is 0 Å². The minimum atomic E-state index is 0.286. The number of hydrogen-bond donors (Lipinski definition) is 0. The summed E-state index contributed by atoms with van der Waals surface area (Å²) < 4.78 is 0. The van der Waals surface area contributed by atoms with Crippen LogP contribution in [0.3, 0.4) is 0 Å². The monoisotopic (exact) mass is 231 g/mol. The third-order valence-electron chi connectivity index (χ3n) is 3.71. The Kier molecular flexibility index (Phi) is 3.82. The van der Waals surface area contributed by atoms with Gasteiger partial charge in [-0.15, -0.1) is 0 Å². The molecule has 0 saturated heterocycles. The highest BCUT2D eigenvalue weighted by Gasteiger charge is 2.27. The third kappa shape index (κ3) is 2.51. The highest BCUT2D eigenvalue weighted by molar-refractivity contribution is 5.76. The molecule has 92 valence electrons. The molecule has 0 aliphatic heterocycles. The van der Waals surface area contributed by atoms with E-state index in [0.717, 1.165) is 25.7 Å². The predicted octanol–water partition coefficient (Wildman–Crippen LogP) is 3.32. The fraction of sp³-hybridized carbons (Fsp3) is 0.533. The van der Waals surface area contributed by atoms with Gasteiger partial charge >= 0.3 is 0 Å². The molecule has 2 nitrogen and oxygen atoms in total. The Labute approximate surface area is 104 Å². The van der Waals surface area contributed by atoms with Crippen LogP contribution in [-0.2, 0) is 11.2 Å². The Balaban J connectivity index is 2.07. The summed E-state index contributed by atoms with van der Waals surface area (Å²) >= 11 is 0. The van der Waals surface area contributed by atoms with Crippen molar-refractivity contribution < 1.29 is 4.79 Å². The molecule has 0 N–H and O–H groups in total. The molecule has 0 saturated carbocycles. The van der Waals surface area contributed by atoms with E-state index in [9.17, 15) is 4.79 Å². The number of hydrogen-bond acceptors (Lipinski definition) is 1. The Morgan fingerprint density at radius 1 is 1.41 bits per heavy atom. The SMILES string of the molecule is CCCCC(=O)N(C)C1CCc2ccccc21. The van der Waals surface area contributed by atoms with Crippen molar-refractivity contribution >= 4 is 5.91 Å². The zero-order valence-corrected chi connectivity index (χ0v) is 10.8. The number of fused-ring (bicyclic) bond motifs is 1. The molecule has 1 aromatic rings. The zero-order valence-electron chi connectivity index (χ0n) is 10.8. The van der Waals surface area contributed by atoms with Crippen molar-refractivity contribution in [1.82, 2.24) is 4.90 Å². The molecule has 1 atom stereocenters. The van der Waals surface area contributed by atoms with Crippen molar-refractivity contribution in [2.45, 2.75) is 45.1 Å². The van der Waals surface area contributed by atoms with Gasteiger partial charge < -0.3 is 4.90 Å². The molecule has 2 heteroatoms. The maximum atomic E-state index is 12.0. The molecule has 1 aromatic carbocycles. The molecule has 0 aromatic heterocycles. The summed E-state index contributed by atoms with van der Waals surface area (Å²) in [5.74, 6) is 0.286. The number of unbranched alkanes of at least 4 members (excludes halogenated alkanes) is 1. The smallest absolute Gasteiger partial charge is 0.222 e. The van der Waals surface area contributed by atoms with Crippen molar-refractivity contribution in [2.24, 2.45) is 0 Å². The average Bonchev–Trinajstić information content (AvgIpc) is 2.78. The molecule has 0 bridgehead atoms.